The van der Waals surface area contributed by atoms with Crippen molar-refractivity contribution in [1.29, 1.82) is 0 Å². The van der Waals surface area contributed by atoms with Crippen LogP contribution < -0.4 is 31.6 Å². The smallest absolute Gasteiger partial charge is 0.293 e. The van der Waals surface area contributed by atoms with E-state index in [2.05, 4.69) is 31.5 Å². The average molecular weight is 899 g/mol. The zero-order chi connectivity index (χ0) is 44.1. The van der Waals surface area contributed by atoms with Crippen LogP contribution in [0.4, 0.5) is 17.5 Å². The van der Waals surface area contributed by atoms with Gasteiger partial charge in [-0.25, -0.2) is 4.98 Å². The lowest BCUT2D eigenvalue weighted by molar-refractivity contribution is -0.137. The summed E-state index contributed by atoms with van der Waals surface area (Å²) < 4.78 is 13.7. The molecule has 0 radical (unpaired) electrons. The van der Waals surface area contributed by atoms with Crippen LogP contribution in [0.15, 0.2) is 53.5 Å². The number of primary amides is 1. The first-order chi connectivity index (χ1) is 30.3. The molecule has 4 aromatic rings. The van der Waals surface area contributed by atoms with E-state index in [9.17, 15) is 24.0 Å². The Labute approximate surface area is 373 Å². The third-order valence-electron chi connectivity index (χ3n) is 12.8. The molecule has 1 atom stereocenters. The van der Waals surface area contributed by atoms with Gasteiger partial charge in [0, 0.05) is 73.4 Å². The SMILES string of the molecule is CC(C)n1c(=O)c(OCC(N)=O)cc2cc(Nc3nc(N4CCC(OC5CC(N6CC=C(c7ccc8c(c7Cl)CN(C7CCC(=O)NC7=O)C8=O)CC6)C5)CC4)ncc3Cl)ccc21. The summed E-state index contributed by atoms with van der Waals surface area (Å²) in [5.41, 5.74) is 9.68. The molecule has 1 aliphatic carbocycles. The number of nitrogens with one attached hydrogen (secondary N) is 2. The fraction of sp³-hybridized carbons (Fsp3) is 0.444. The molecule has 2 aromatic heterocycles. The van der Waals surface area contributed by atoms with Gasteiger partial charge in [-0.2, -0.15) is 4.98 Å². The van der Waals surface area contributed by atoms with Gasteiger partial charge in [0.25, 0.3) is 17.4 Å². The maximum atomic E-state index is 13.2. The number of ether oxygens (including phenoxy) is 2. The molecule has 4 amide bonds. The zero-order valence-electron chi connectivity index (χ0n) is 35.1. The first-order valence-corrected chi connectivity index (χ1v) is 22.3. The third kappa shape index (κ3) is 8.61. The topological polar surface area (TPSA) is 194 Å². The number of hydrogen-bond acceptors (Lipinski definition) is 12. The van der Waals surface area contributed by atoms with Crippen LogP contribution in [0, 0.1) is 0 Å². The summed E-state index contributed by atoms with van der Waals surface area (Å²) in [6.45, 7) is 6.86. The number of amides is 4. The number of pyridine rings is 1. The molecule has 4 aliphatic heterocycles. The number of piperidine rings is 2. The van der Waals surface area contributed by atoms with Crippen LogP contribution in [0.3, 0.4) is 0 Å². The molecule has 16 nitrogen and oxygen atoms in total. The standard InChI is InChI=1S/C45H49Cl2N9O7/c1-24(2)56-35-6-3-27(17-26(35)18-37(44(56)61)62-23-38(48)57)50-41-34(46)21-49-45(52-41)54-15-11-29(12-16-54)63-30-19-28(20-30)53-13-9-25(10-14-53)31-4-5-32-33(40(31)47)22-55(43(32)60)36-7-8-39(58)51-42(36)59/h3-6,9,17-18,21,24,28-30,36H,7-8,10-16,19-20,22-23H2,1-2H3,(H2,48,57)(H,49,50,52)(H,51,58,59). The molecule has 1 unspecified atom stereocenters. The maximum absolute atomic E-state index is 13.2. The Hall–Kier alpha value is -5.55. The Bertz CT molecular complexity index is 2600. The minimum Gasteiger partial charge on any atom is -0.478 e. The Kier molecular flexibility index (Phi) is 11.9. The van der Waals surface area contributed by atoms with Gasteiger partial charge >= 0.3 is 0 Å². The molecule has 330 valence electrons. The van der Waals surface area contributed by atoms with Crippen molar-refractivity contribution >= 4 is 80.8 Å². The van der Waals surface area contributed by atoms with E-state index in [0.717, 1.165) is 80.4 Å². The van der Waals surface area contributed by atoms with E-state index in [-0.39, 0.29) is 54.3 Å². The van der Waals surface area contributed by atoms with Crippen LogP contribution in [0.25, 0.3) is 16.5 Å². The van der Waals surface area contributed by atoms with Crippen molar-refractivity contribution in [1.82, 2.24) is 29.7 Å². The predicted molar refractivity (Wildman–Crippen MR) is 238 cm³/mol. The molecule has 63 heavy (non-hydrogen) atoms. The number of aromatic nitrogens is 3. The van der Waals surface area contributed by atoms with Crippen molar-refractivity contribution in [3.63, 3.8) is 0 Å². The number of rotatable bonds is 12. The van der Waals surface area contributed by atoms with Crippen molar-refractivity contribution < 1.29 is 28.7 Å². The zero-order valence-corrected chi connectivity index (χ0v) is 36.6. The van der Waals surface area contributed by atoms with Gasteiger partial charge in [-0.3, -0.25) is 34.2 Å². The quantitative estimate of drug-likeness (QED) is 0.155. The van der Waals surface area contributed by atoms with Crippen LogP contribution >= 0.6 is 23.2 Å². The van der Waals surface area contributed by atoms with Gasteiger partial charge in [0.05, 0.1) is 28.9 Å². The number of hydrogen-bond donors (Lipinski definition) is 3. The van der Waals surface area contributed by atoms with E-state index in [0.29, 0.717) is 51.0 Å². The second-order valence-corrected chi connectivity index (χ2v) is 18.0. The summed E-state index contributed by atoms with van der Waals surface area (Å²) in [5, 5.41) is 7.31. The summed E-state index contributed by atoms with van der Waals surface area (Å²) in [7, 11) is 0. The highest BCUT2D eigenvalue weighted by atomic mass is 35.5. The monoisotopic (exact) mass is 897 g/mol. The molecule has 2 aromatic carbocycles. The van der Waals surface area contributed by atoms with Crippen LogP contribution in [0.1, 0.15) is 86.3 Å². The van der Waals surface area contributed by atoms with Crippen molar-refractivity contribution in [3.8, 4) is 5.75 Å². The normalized spacial score (nSPS) is 22.0. The summed E-state index contributed by atoms with van der Waals surface area (Å²) in [5.74, 6) is -0.583. The van der Waals surface area contributed by atoms with Gasteiger partial charge in [0.1, 0.15) is 11.1 Å². The maximum Gasteiger partial charge on any atom is 0.293 e. The van der Waals surface area contributed by atoms with Crippen LogP contribution in [-0.2, 0) is 25.7 Å². The van der Waals surface area contributed by atoms with E-state index in [1.807, 2.05) is 44.2 Å². The molecule has 6 heterocycles. The first kappa shape index (κ1) is 42.7. The first-order valence-electron chi connectivity index (χ1n) is 21.5. The second kappa shape index (κ2) is 17.5. The van der Waals surface area contributed by atoms with Crippen LogP contribution in [0.5, 0.6) is 5.75 Å². The molecule has 0 bridgehead atoms. The van der Waals surface area contributed by atoms with Gasteiger partial charge in [-0.1, -0.05) is 35.3 Å². The molecule has 18 heteroatoms. The van der Waals surface area contributed by atoms with E-state index < -0.39 is 24.5 Å². The molecule has 2 saturated heterocycles. The molecule has 5 aliphatic rings. The van der Waals surface area contributed by atoms with Gasteiger partial charge in [0.2, 0.25) is 17.8 Å². The second-order valence-electron chi connectivity index (χ2n) is 17.2. The number of benzene rings is 2. The van der Waals surface area contributed by atoms with Crippen LogP contribution in [-0.4, -0.2) is 105 Å². The number of carbonyl (C=O) groups is 4. The lowest BCUT2D eigenvalue weighted by Crippen LogP contribution is -2.52. The number of nitrogens with zero attached hydrogens (tertiary/aromatic N) is 6. The Morgan fingerprint density at radius 1 is 0.984 bits per heavy atom. The minimum atomic E-state index is -0.676. The highest BCUT2D eigenvalue weighted by Crippen LogP contribution is 2.40. The van der Waals surface area contributed by atoms with Gasteiger partial charge in [0.15, 0.2) is 18.2 Å². The molecule has 3 fully saturated rings. The molecule has 9 rings (SSSR count). The number of halogens is 2. The van der Waals surface area contributed by atoms with E-state index >= 15 is 0 Å². The molecule has 0 spiro atoms. The average Bonchev–Trinajstić information content (AvgIpc) is 3.58. The van der Waals surface area contributed by atoms with Gasteiger partial charge in [-0.15, -0.1) is 0 Å². The number of imide groups is 1. The number of fused-ring (bicyclic) bond motifs is 2. The molecule has 4 N–H and O–H groups in total. The third-order valence-corrected chi connectivity index (χ3v) is 13.5. The van der Waals surface area contributed by atoms with Crippen molar-refractivity contribution in [3.05, 3.63) is 85.8 Å². The van der Waals surface area contributed by atoms with Crippen LogP contribution in [0.2, 0.25) is 10.0 Å². The summed E-state index contributed by atoms with van der Waals surface area (Å²) in [4.78, 5) is 77.4. The number of nitrogens with two attached hydrogens (primary N) is 1. The summed E-state index contributed by atoms with van der Waals surface area (Å²) in [6.07, 6.45) is 9.25. The van der Waals surface area contributed by atoms with Gasteiger partial charge < -0.3 is 34.9 Å². The largest absolute Gasteiger partial charge is 0.478 e. The van der Waals surface area contributed by atoms with E-state index in [4.69, 9.17) is 43.4 Å². The lowest BCUT2D eigenvalue weighted by atomic mass is 9.85. The Balaban J connectivity index is 0.760. The van der Waals surface area contributed by atoms with Crippen molar-refractivity contribution in [2.45, 2.75) is 95.7 Å². The number of anilines is 3. The summed E-state index contributed by atoms with van der Waals surface area (Å²) >= 11 is 13.5. The Morgan fingerprint density at radius 3 is 2.48 bits per heavy atom. The minimum absolute atomic E-state index is 0.0391. The fourth-order valence-corrected chi connectivity index (χ4v) is 9.91. The van der Waals surface area contributed by atoms with E-state index in [1.165, 1.54) is 4.90 Å². The molecular formula is C45H49Cl2N9O7. The predicted octanol–water partition coefficient (Wildman–Crippen LogP) is 5.35. The molecule has 1 saturated carbocycles. The van der Waals surface area contributed by atoms with Crippen molar-refractivity contribution in [2.75, 3.05) is 43.0 Å². The highest BCUT2D eigenvalue weighted by Gasteiger charge is 2.41. The number of carbonyl (C=O) groups excluding carboxylic acids is 4. The molecular weight excluding hydrogens is 849 g/mol. The fourth-order valence-electron chi connectivity index (χ4n) is 9.42. The highest BCUT2D eigenvalue weighted by molar-refractivity contribution is 6.34. The van der Waals surface area contributed by atoms with E-state index in [1.54, 1.807) is 16.8 Å². The van der Waals surface area contributed by atoms with Crippen molar-refractivity contribution in [2.24, 2.45) is 5.73 Å². The van der Waals surface area contributed by atoms with Gasteiger partial charge in [-0.05, 0) is 93.8 Å². The summed E-state index contributed by atoms with van der Waals surface area (Å²) in [6, 6.07) is 10.5. The lowest BCUT2D eigenvalue weighted by Gasteiger charge is -2.45. The Morgan fingerprint density at radius 2 is 1.76 bits per heavy atom.